The average molecular weight is 446 g/mol. The van der Waals surface area contributed by atoms with Gasteiger partial charge in [-0.05, 0) is 48.9 Å². The lowest BCUT2D eigenvalue weighted by Crippen LogP contribution is -2.24. The predicted octanol–water partition coefficient (Wildman–Crippen LogP) is 5.68. The van der Waals surface area contributed by atoms with Crippen molar-refractivity contribution in [1.29, 1.82) is 0 Å². The first-order valence-corrected chi connectivity index (χ1v) is 10.9. The third-order valence-electron chi connectivity index (χ3n) is 4.83. The molecule has 4 aromatic rings. The summed E-state index contributed by atoms with van der Waals surface area (Å²) in [7, 11) is 0. The molecule has 0 aliphatic heterocycles. The van der Waals surface area contributed by atoms with Crippen LogP contribution in [0.4, 0.5) is 5.69 Å². The third-order valence-corrected chi connectivity index (χ3v) is 6.34. The van der Waals surface area contributed by atoms with Crippen molar-refractivity contribution >= 4 is 40.0 Å². The minimum Gasteiger partial charge on any atom is -0.356 e. The van der Waals surface area contributed by atoms with E-state index in [1.54, 1.807) is 18.7 Å². The Kier molecular flexibility index (Phi) is 6.31. The average Bonchev–Trinajstić information content (AvgIpc) is 2.75. The number of H-pyrrole nitrogens is 1. The third kappa shape index (κ3) is 4.77. The number of nitrogens with one attached hydrogen (secondary N) is 1. The predicted molar refractivity (Wildman–Crippen MR) is 129 cm³/mol. The highest BCUT2D eigenvalue weighted by molar-refractivity contribution is 7.99. The molecule has 4 rings (SSSR count). The number of rotatable bonds is 6. The van der Waals surface area contributed by atoms with Crippen molar-refractivity contribution in [2.24, 2.45) is 0 Å². The molecule has 0 saturated carbocycles. The molecule has 1 heterocycles. The number of halogens is 1. The van der Waals surface area contributed by atoms with Crippen molar-refractivity contribution in [3.05, 3.63) is 93.5 Å². The molecule has 154 valence electrons. The van der Waals surface area contributed by atoms with E-state index in [9.17, 15) is 4.79 Å². The fourth-order valence-corrected chi connectivity index (χ4v) is 4.58. The summed E-state index contributed by atoms with van der Waals surface area (Å²) >= 11 is 8.21. The molecule has 0 aliphatic rings. The fraction of sp³-hybridized carbons (Fsp3) is 0.120. The Morgan fingerprint density at radius 1 is 1.13 bits per heavy atom. The van der Waals surface area contributed by atoms with Gasteiger partial charge in [-0.1, -0.05) is 59.6 Å². The highest BCUT2D eigenvalue weighted by Crippen LogP contribution is 2.35. The highest BCUT2D eigenvalue weighted by Gasteiger charge is 2.14. The maximum atomic E-state index is 12.6. The van der Waals surface area contributed by atoms with E-state index in [-0.39, 0.29) is 5.56 Å². The van der Waals surface area contributed by atoms with Gasteiger partial charge in [-0.3, -0.25) is 4.79 Å². The quantitative estimate of drug-likeness (QED) is 0.388. The van der Waals surface area contributed by atoms with E-state index in [2.05, 4.69) is 15.9 Å². The molecule has 0 atom stereocenters. The van der Waals surface area contributed by atoms with Crippen molar-refractivity contribution < 1.29 is 0 Å². The fourth-order valence-electron chi connectivity index (χ4n) is 3.45. The summed E-state index contributed by atoms with van der Waals surface area (Å²) in [5.41, 5.74) is 2.28. The molecule has 1 aromatic heterocycles. The Hall–Kier alpha value is -3.20. The maximum absolute atomic E-state index is 12.6. The van der Waals surface area contributed by atoms with Crippen LogP contribution in [-0.4, -0.2) is 16.5 Å². The monoisotopic (exact) mass is 445 g/mol. The van der Waals surface area contributed by atoms with Crippen molar-refractivity contribution in [1.82, 2.24) is 9.97 Å². The summed E-state index contributed by atoms with van der Waals surface area (Å²) in [4.78, 5) is 23.9. The Morgan fingerprint density at radius 2 is 1.94 bits per heavy atom. The molecule has 0 saturated heterocycles. The first kappa shape index (κ1) is 21.0. The zero-order valence-electron chi connectivity index (χ0n) is 16.9. The van der Waals surface area contributed by atoms with Crippen LogP contribution in [0.15, 0.2) is 81.3 Å². The van der Waals surface area contributed by atoms with Gasteiger partial charge >= 0.3 is 0 Å². The number of nitrogens with zero attached hydrogens (tertiary/aromatic N) is 2. The lowest BCUT2D eigenvalue weighted by molar-refractivity contribution is 0.880. The zero-order valence-corrected chi connectivity index (χ0v) is 18.5. The largest absolute Gasteiger partial charge is 0.356 e. The van der Waals surface area contributed by atoms with E-state index in [0.717, 1.165) is 21.0 Å². The second-order valence-electron chi connectivity index (χ2n) is 7.05. The van der Waals surface area contributed by atoms with Crippen molar-refractivity contribution in [3.63, 3.8) is 0 Å². The number of hydrogen-bond donors (Lipinski definition) is 1. The van der Waals surface area contributed by atoms with Gasteiger partial charge in [0.2, 0.25) is 0 Å². The summed E-state index contributed by atoms with van der Waals surface area (Å²) < 4.78 is 0. The van der Waals surface area contributed by atoms with Gasteiger partial charge < -0.3 is 9.88 Å². The lowest BCUT2D eigenvalue weighted by Gasteiger charge is -2.24. The van der Waals surface area contributed by atoms with Crippen LogP contribution < -0.4 is 10.5 Å². The van der Waals surface area contributed by atoms with Crippen LogP contribution in [0.5, 0.6) is 0 Å². The molecule has 4 nitrogen and oxygen atoms in total. The van der Waals surface area contributed by atoms with E-state index in [0.29, 0.717) is 34.8 Å². The normalized spacial score (nSPS) is 10.7. The van der Waals surface area contributed by atoms with Crippen LogP contribution >= 0.6 is 23.4 Å². The molecular weight excluding hydrogens is 426 g/mol. The Bertz CT molecular complexity index is 1330. The van der Waals surface area contributed by atoms with Gasteiger partial charge in [-0.2, -0.15) is 0 Å². The second kappa shape index (κ2) is 9.30. The van der Waals surface area contributed by atoms with Crippen molar-refractivity contribution in [2.45, 2.75) is 23.3 Å². The van der Waals surface area contributed by atoms with Crippen LogP contribution in [0.1, 0.15) is 11.4 Å². The molecule has 0 fully saturated rings. The molecule has 0 bridgehead atoms. The molecule has 0 aliphatic carbocycles. The molecule has 0 spiro atoms. The van der Waals surface area contributed by atoms with E-state index in [1.807, 2.05) is 71.6 Å². The number of fused-ring (bicyclic) bond motifs is 1. The summed E-state index contributed by atoms with van der Waals surface area (Å²) in [5, 5.41) is 1.24. The van der Waals surface area contributed by atoms with Gasteiger partial charge in [0.05, 0.1) is 22.5 Å². The summed E-state index contributed by atoms with van der Waals surface area (Å²) in [5.74, 6) is 3.30. The molecule has 0 amide bonds. The van der Waals surface area contributed by atoms with Crippen LogP contribution in [0.2, 0.25) is 5.02 Å². The van der Waals surface area contributed by atoms with Crippen LogP contribution in [0.25, 0.3) is 10.9 Å². The van der Waals surface area contributed by atoms with Crippen LogP contribution in [0, 0.1) is 19.3 Å². The number of aromatic nitrogens is 2. The Morgan fingerprint density at radius 3 is 2.68 bits per heavy atom. The smallest absolute Gasteiger partial charge is 0.259 e. The van der Waals surface area contributed by atoms with Crippen LogP contribution in [-0.2, 0) is 6.54 Å². The summed E-state index contributed by atoms with van der Waals surface area (Å²) in [6, 6.07) is 21.7. The molecule has 0 unspecified atom stereocenters. The first-order valence-electron chi connectivity index (χ1n) is 9.74. The minimum atomic E-state index is -0.147. The van der Waals surface area contributed by atoms with E-state index in [4.69, 9.17) is 18.0 Å². The first-order chi connectivity index (χ1) is 15.0. The number of hydrogen-bond acceptors (Lipinski definition) is 4. The topological polar surface area (TPSA) is 49.0 Å². The minimum absolute atomic E-state index is 0.147. The van der Waals surface area contributed by atoms with E-state index in [1.165, 1.54) is 0 Å². The van der Waals surface area contributed by atoms with Gasteiger partial charge in [0.15, 0.2) is 0 Å². The van der Waals surface area contributed by atoms with Gasteiger partial charge in [0, 0.05) is 22.0 Å². The standard InChI is InChI=1S/C25H20ClN3OS/c1-3-14-29(16-18-8-7-11-22-24(18)25(30)28-17(2)27-22)19-12-13-23(21(26)15-19)31-20-9-5-4-6-10-20/h1,4-13,15H,14,16H2,2H3,(H,27,28,30). The summed E-state index contributed by atoms with van der Waals surface area (Å²) in [6.07, 6.45) is 5.64. The maximum Gasteiger partial charge on any atom is 0.259 e. The van der Waals surface area contributed by atoms with Gasteiger partial charge in [0.25, 0.3) is 5.56 Å². The SMILES string of the molecule is C#CCN(Cc1cccc2nc(C)[nH]c(=O)c12)c1ccc(Sc2ccccc2)c(Cl)c1. The Balaban J connectivity index is 1.66. The molecule has 6 heteroatoms. The van der Waals surface area contributed by atoms with Crippen LogP contribution in [0.3, 0.4) is 0 Å². The molecule has 3 aromatic carbocycles. The van der Waals surface area contributed by atoms with Crippen molar-refractivity contribution in [3.8, 4) is 12.3 Å². The van der Waals surface area contributed by atoms with E-state index >= 15 is 0 Å². The van der Waals surface area contributed by atoms with E-state index < -0.39 is 0 Å². The van der Waals surface area contributed by atoms with Gasteiger partial charge in [-0.15, -0.1) is 6.42 Å². The Labute approximate surface area is 190 Å². The van der Waals surface area contributed by atoms with Gasteiger partial charge in [0.1, 0.15) is 5.82 Å². The number of benzene rings is 3. The van der Waals surface area contributed by atoms with Crippen molar-refractivity contribution in [2.75, 3.05) is 11.4 Å². The molecule has 31 heavy (non-hydrogen) atoms. The highest BCUT2D eigenvalue weighted by atomic mass is 35.5. The number of anilines is 1. The van der Waals surface area contributed by atoms with Gasteiger partial charge in [-0.25, -0.2) is 4.98 Å². The molecular formula is C25H20ClN3OS. The lowest BCUT2D eigenvalue weighted by atomic mass is 10.1. The number of terminal acetylenes is 1. The summed E-state index contributed by atoms with van der Waals surface area (Å²) in [6.45, 7) is 2.63. The molecule has 1 N–H and O–H groups in total. The second-order valence-corrected chi connectivity index (χ2v) is 8.58. The zero-order chi connectivity index (χ0) is 21.8. The number of aromatic amines is 1. The molecule has 0 radical (unpaired) electrons. The number of aryl methyl sites for hydroxylation is 1.